The van der Waals surface area contributed by atoms with E-state index < -0.39 is 10.3 Å². The number of hydrogen-bond donors (Lipinski definition) is 1. The quantitative estimate of drug-likeness (QED) is 0.481. The van der Waals surface area contributed by atoms with Gasteiger partial charge in [0.05, 0.1) is 6.61 Å². The number of nitrogens with two attached hydrogens (primary N) is 1. The van der Waals surface area contributed by atoms with E-state index in [1.54, 1.807) is 0 Å². The molecule has 0 atom stereocenters. The maximum atomic E-state index is 10.1. The van der Waals surface area contributed by atoms with Crippen molar-refractivity contribution in [2.24, 2.45) is 5.14 Å². The van der Waals surface area contributed by atoms with Gasteiger partial charge in [0.25, 0.3) is 0 Å². The van der Waals surface area contributed by atoms with Crippen LogP contribution in [-0.4, -0.2) is 44.6 Å². The van der Waals surface area contributed by atoms with Gasteiger partial charge in [-0.2, -0.15) is 8.42 Å². The van der Waals surface area contributed by atoms with Crippen molar-refractivity contribution in [2.45, 2.75) is 26.2 Å². The van der Waals surface area contributed by atoms with Crippen molar-refractivity contribution in [2.75, 3.05) is 6.61 Å². The molecule has 64 valence electrons. The molecule has 0 fully saturated rings. The van der Waals surface area contributed by atoms with E-state index in [2.05, 4.69) is 9.32 Å². The van der Waals surface area contributed by atoms with Crippen LogP contribution in [0.5, 0.6) is 0 Å². The van der Waals surface area contributed by atoms with Crippen LogP contribution in [0.3, 0.4) is 0 Å². The summed E-state index contributed by atoms with van der Waals surface area (Å²) < 4.78 is 24.6. The fraction of sp³-hybridized carbons (Fsp3) is 1.00. The third kappa shape index (κ3) is 13.8. The van der Waals surface area contributed by atoms with Crippen molar-refractivity contribution in [3.8, 4) is 0 Å². The molecule has 0 aromatic carbocycles. The molecule has 0 heterocycles. The maximum absolute atomic E-state index is 10.1. The monoisotopic (exact) mass is 191 g/mol. The Kier molecular flexibility index (Phi) is 9.84. The van der Waals surface area contributed by atoms with Crippen LogP contribution in [0.2, 0.25) is 0 Å². The first-order valence-corrected chi connectivity index (χ1v) is 4.70. The standard InChI is InChI=1S/C5H13NO3S.Na.H/c1-2-3-4-5-9-10(6,7)8;;/h2-5H2,1H3,(H2,6,7,8);;. The molecular weight excluding hydrogens is 177 g/mol. The summed E-state index contributed by atoms with van der Waals surface area (Å²) in [5.74, 6) is 0. The molecule has 0 radical (unpaired) electrons. The van der Waals surface area contributed by atoms with Crippen molar-refractivity contribution in [1.82, 2.24) is 0 Å². The Morgan fingerprint density at radius 1 is 1.36 bits per heavy atom. The molecule has 0 aliphatic carbocycles. The van der Waals surface area contributed by atoms with E-state index in [4.69, 9.17) is 0 Å². The zero-order chi connectivity index (χ0) is 8.04. The van der Waals surface area contributed by atoms with Gasteiger partial charge in [-0.25, -0.2) is 5.14 Å². The Bertz CT molecular complexity index is 169. The Balaban J connectivity index is 0. The summed E-state index contributed by atoms with van der Waals surface area (Å²) in [6.45, 7) is 2.23. The van der Waals surface area contributed by atoms with E-state index in [-0.39, 0.29) is 36.2 Å². The van der Waals surface area contributed by atoms with E-state index in [9.17, 15) is 8.42 Å². The van der Waals surface area contributed by atoms with Gasteiger partial charge >= 0.3 is 39.9 Å². The molecule has 0 aliphatic heterocycles. The summed E-state index contributed by atoms with van der Waals surface area (Å²) in [6, 6.07) is 0. The van der Waals surface area contributed by atoms with Crippen LogP contribution in [0.4, 0.5) is 0 Å². The van der Waals surface area contributed by atoms with E-state index >= 15 is 0 Å². The Morgan fingerprint density at radius 2 is 1.91 bits per heavy atom. The normalized spacial score (nSPS) is 10.7. The molecule has 6 heteroatoms. The van der Waals surface area contributed by atoms with E-state index in [0.717, 1.165) is 19.3 Å². The predicted octanol–water partition coefficient (Wildman–Crippen LogP) is -0.252. The summed E-state index contributed by atoms with van der Waals surface area (Å²) in [4.78, 5) is 0. The van der Waals surface area contributed by atoms with Crippen LogP contribution >= 0.6 is 0 Å². The fourth-order valence-corrected chi connectivity index (χ4v) is 0.877. The summed E-state index contributed by atoms with van der Waals surface area (Å²) in [5, 5.41) is 4.57. The number of unbranched alkanes of at least 4 members (excludes halogenated alkanes) is 2. The van der Waals surface area contributed by atoms with Crippen LogP contribution in [0.15, 0.2) is 0 Å². The summed E-state index contributed by atoms with van der Waals surface area (Å²) in [6.07, 6.45) is 2.75. The van der Waals surface area contributed by atoms with Crippen LogP contribution in [-0.2, 0) is 14.5 Å². The van der Waals surface area contributed by atoms with E-state index in [0.29, 0.717) is 0 Å². The summed E-state index contributed by atoms with van der Waals surface area (Å²) in [5.41, 5.74) is 0. The molecular formula is C5H14NNaO3S. The Hall–Kier alpha value is 0.870. The summed E-state index contributed by atoms with van der Waals surface area (Å²) in [7, 11) is -3.70. The number of hydrogen-bond acceptors (Lipinski definition) is 3. The van der Waals surface area contributed by atoms with Gasteiger partial charge in [0.1, 0.15) is 0 Å². The predicted molar refractivity (Wildman–Crippen MR) is 45.7 cm³/mol. The fourth-order valence-electron chi connectivity index (χ4n) is 0.527. The average molecular weight is 191 g/mol. The molecule has 0 saturated carbocycles. The molecule has 0 saturated heterocycles. The minimum atomic E-state index is -3.70. The first-order valence-electron chi connectivity index (χ1n) is 3.23. The average Bonchev–Trinajstić information content (AvgIpc) is 1.78. The van der Waals surface area contributed by atoms with Crippen molar-refractivity contribution in [3.05, 3.63) is 0 Å². The second kappa shape index (κ2) is 7.52. The van der Waals surface area contributed by atoms with Gasteiger partial charge in [0, 0.05) is 0 Å². The molecule has 0 rings (SSSR count). The molecule has 0 spiro atoms. The minimum absolute atomic E-state index is 0. The zero-order valence-electron chi connectivity index (χ0n) is 6.04. The van der Waals surface area contributed by atoms with Crippen LogP contribution in [0, 0.1) is 0 Å². The molecule has 0 aromatic rings. The second-order valence-corrected chi connectivity index (χ2v) is 3.24. The Labute approximate surface area is 90.0 Å². The molecule has 0 aliphatic rings. The van der Waals surface area contributed by atoms with Crippen molar-refractivity contribution >= 4 is 39.9 Å². The van der Waals surface area contributed by atoms with Crippen molar-refractivity contribution in [3.63, 3.8) is 0 Å². The molecule has 11 heavy (non-hydrogen) atoms. The van der Waals surface area contributed by atoms with Gasteiger partial charge in [-0.1, -0.05) is 19.8 Å². The van der Waals surface area contributed by atoms with E-state index in [1.165, 1.54) is 0 Å². The van der Waals surface area contributed by atoms with Crippen LogP contribution < -0.4 is 5.14 Å². The molecule has 0 aromatic heterocycles. The molecule has 0 unspecified atom stereocenters. The second-order valence-electron chi connectivity index (χ2n) is 2.02. The third-order valence-corrected chi connectivity index (χ3v) is 1.49. The van der Waals surface area contributed by atoms with Gasteiger partial charge in [-0.3, -0.25) is 4.18 Å². The topological polar surface area (TPSA) is 69.4 Å². The van der Waals surface area contributed by atoms with Gasteiger partial charge in [-0.05, 0) is 6.42 Å². The molecule has 0 amide bonds. The summed E-state index contributed by atoms with van der Waals surface area (Å²) >= 11 is 0. The number of rotatable bonds is 5. The van der Waals surface area contributed by atoms with Crippen LogP contribution in [0.1, 0.15) is 26.2 Å². The van der Waals surface area contributed by atoms with Gasteiger partial charge in [0.2, 0.25) is 0 Å². The molecule has 2 N–H and O–H groups in total. The van der Waals surface area contributed by atoms with Crippen molar-refractivity contribution in [1.29, 1.82) is 0 Å². The third-order valence-electron chi connectivity index (χ3n) is 0.995. The zero-order valence-corrected chi connectivity index (χ0v) is 6.86. The Morgan fingerprint density at radius 3 is 2.27 bits per heavy atom. The first kappa shape index (κ1) is 14.4. The molecule has 4 nitrogen and oxygen atoms in total. The SMILES string of the molecule is CCCCCOS(N)(=O)=O.[NaH]. The first-order chi connectivity index (χ1) is 4.56. The van der Waals surface area contributed by atoms with Crippen LogP contribution in [0.25, 0.3) is 0 Å². The van der Waals surface area contributed by atoms with Crippen molar-refractivity contribution < 1.29 is 12.6 Å². The molecule has 0 bridgehead atoms. The van der Waals surface area contributed by atoms with Gasteiger partial charge < -0.3 is 0 Å². The van der Waals surface area contributed by atoms with Gasteiger partial charge in [-0.15, -0.1) is 0 Å². The van der Waals surface area contributed by atoms with E-state index in [1.807, 2.05) is 6.92 Å². The van der Waals surface area contributed by atoms with Gasteiger partial charge in [0.15, 0.2) is 0 Å².